The van der Waals surface area contributed by atoms with Crippen molar-refractivity contribution in [1.29, 1.82) is 0 Å². The molecule has 0 aliphatic carbocycles. The maximum Gasteiger partial charge on any atom is 0.191 e. The smallest absolute Gasteiger partial charge is 0.191 e. The summed E-state index contributed by atoms with van der Waals surface area (Å²) in [5.41, 5.74) is 3.30. The number of likely N-dealkylation sites (tertiary alicyclic amines) is 1. The molecule has 4 rings (SSSR count). The minimum absolute atomic E-state index is 0. The van der Waals surface area contributed by atoms with Gasteiger partial charge in [0.2, 0.25) is 0 Å². The highest BCUT2D eigenvalue weighted by Gasteiger charge is 2.20. The highest BCUT2D eigenvalue weighted by Crippen LogP contribution is 2.16. The number of hydrogen-bond acceptors (Lipinski definition) is 4. The van der Waals surface area contributed by atoms with Gasteiger partial charge >= 0.3 is 0 Å². The molecule has 0 amide bonds. The van der Waals surface area contributed by atoms with Gasteiger partial charge in [-0.05, 0) is 42.2 Å². The Bertz CT molecular complexity index is 984. The van der Waals surface area contributed by atoms with E-state index >= 15 is 0 Å². The third kappa shape index (κ3) is 6.73. The Hall–Kier alpha value is -2.53. The molecule has 170 valence electrons. The highest BCUT2D eigenvalue weighted by molar-refractivity contribution is 14.0. The lowest BCUT2D eigenvalue weighted by Gasteiger charge is -2.33. The highest BCUT2D eigenvalue weighted by atomic mass is 127. The van der Waals surface area contributed by atoms with Crippen LogP contribution in [0.25, 0.3) is 11.4 Å². The monoisotopic (exact) mass is 549 g/mol. The van der Waals surface area contributed by atoms with Gasteiger partial charge in [-0.1, -0.05) is 30.3 Å². The number of nitrogens with one attached hydrogen (secondary N) is 3. The summed E-state index contributed by atoms with van der Waals surface area (Å²) in [5, 5.41) is 13.8. The maximum absolute atomic E-state index is 13.1. The minimum atomic E-state index is -0.185. The number of aliphatic imine (C=N–C) groups is 1. The quantitative estimate of drug-likeness (QED) is 0.249. The maximum atomic E-state index is 13.1. The number of benzene rings is 2. The molecule has 0 atom stereocenters. The van der Waals surface area contributed by atoms with E-state index in [1.54, 1.807) is 7.05 Å². The second kappa shape index (κ2) is 11.9. The van der Waals surface area contributed by atoms with Crippen LogP contribution in [0.4, 0.5) is 4.39 Å². The number of halogens is 2. The molecule has 32 heavy (non-hydrogen) atoms. The van der Waals surface area contributed by atoms with Gasteiger partial charge in [-0.15, -0.1) is 24.0 Å². The van der Waals surface area contributed by atoms with Crippen molar-refractivity contribution in [2.24, 2.45) is 4.99 Å². The van der Waals surface area contributed by atoms with Crippen LogP contribution in [0, 0.1) is 5.82 Å². The first kappa shape index (κ1) is 24.1. The van der Waals surface area contributed by atoms with Gasteiger partial charge in [-0.25, -0.2) is 9.37 Å². The fraction of sp³-hybridized carbons (Fsp3) is 0.348. The molecular weight excluding hydrogens is 520 g/mol. The lowest BCUT2D eigenvalue weighted by Crippen LogP contribution is -2.48. The summed E-state index contributed by atoms with van der Waals surface area (Å²) < 4.78 is 13.1. The summed E-state index contributed by atoms with van der Waals surface area (Å²) in [6.07, 6.45) is 3.60. The van der Waals surface area contributed by atoms with Gasteiger partial charge in [0.1, 0.15) is 12.1 Å². The molecule has 3 aromatic rings. The normalized spacial score (nSPS) is 15.2. The zero-order valence-corrected chi connectivity index (χ0v) is 20.4. The van der Waals surface area contributed by atoms with E-state index in [1.807, 2.05) is 24.3 Å². The van der Waals surface area contributed by atoms with Gasteiger partial charge in [0, 0.05) is 44.8 Å². The van der Waals surface area contributed by atoms with E-state index in [9.17, 15) is 4.39 Å². The average molecular weight is 549 g/mol. The Balaban J connectivity index is 0.00000289. The second-order valence-electron chi connectivity index (χ2n) is 7.78. The molecular formula is C23H29FIN7. The van der Waals surface area contributed by atoms with Gasteiger partial charge in [-0.3, -0.25) is 15.0 Å². The van der Waals surface area contributed by atoms with Crippen LogP contribution < -0.4 is 10.6 Å². The largest absolute Gasteiger partial charge is 0.354 e. The summed E-state index contributed by atoms with van der Waals surface area (Å²) in [6.45, 7) is 3.54. The van der Waals surface area contributed by atoms with Crippen LogP contribution in [0.2, 0.25) is 0 Å². The van der Waals surface area contributed by atoms with E-state index in [2.05, 4.69) is 47.8 Å². The fourth-order valence-electron chi connectivity index (χ4n) is 3.83. The molecule has 0 unspecified atom stereocenters. The standard InChI is InChI=1S/C23H28FN7.HI/c1-25-23(26-14-18-3-2-4-19(13-18)22-27-16-28-30-22)29-21-9-11-31(12-10-21)15-17-5-7-20(24)8-6-17;/h2-8,13,16,21H,9-12,14-15H2,1H3,(H2,25,26,29)(H,27,28,30);1H. The van der Waals surface area contributed by atoms with Gasteiger partial charge in [-0.2, -0.15) is 5.10 Å². The first-order valence-corrected chi connectivity index (χ1v) is 10.6. The molecule has 2 heterocycles. The van der Waals surface area contributed by atoms with E-state index in [-0.39, 0.29) is 29.8 Å². The number of rotatable bonds is 6. The molecule has 0 radical (unpaired) electrons. The number of nitrogens with zero attached hydrogens (tertiary/aromatic N) is 4. The van der Waals surface area contributed by atoms with Crippen molar-refractivity contribution in [1.82, 2.24) is 30.7 Å². The van der Waals surface area contributed by atoms with Crippen LogP contribution in [0.1, 0.15) is 24.0 Å². The van der Waals surface area contributed by atoms with E-state index < -0.39 is 0 Å². The van der Waals surface area contributed by atoms with Crippen LogP contribution >= 0.6 is 24.0 Å². The molecule has 7 nitrogen and oxygen atoms in total. The first-order valence-electron chi connectivity index (χ1n) is 10.6. The fourth-order valence-corrected chi connectivity index (χ4v) is 3.83. The summed E-state index contributed by atoms with van der Waals surface area (Å²) in [4.78, 5) is 11.0. The third-order valence-corrected chi connectivity index (χ3v) is 5.55. The predicted octanol–water partition coefficient (Wildman–Crippen LogP) is 3.56. The summed E-state index contributed by atoms with van der Waals surface area (Å²) in [5.74, 6) is 1.38. The van der Waals surface area contributed by atoms with Crippen molar-refractivity contribution in [2.45, 2.75) is 32.0 Å². The Morgan fingerprint density at radius 3 is 2.62 bits per heavy atom. The van der Waals surface area contributed by atoms with Crippen molar-refractivity contribution < 1.29 is 4.39 Å². The third-order valence-electron chi connectivity index (χ3n) is 5.55. The zero-order valence-electron chi connectivity index (χ0n) is 18.1. The number of aromatic nitrogens is 3. The van der Waals surface area contributed by atoms with E-state index in [0.29, 0.717) is 12.6 Å². The molecule has 3 N–H and O–H groups in total. The lowest BCUT2D eigenvalue weighted by atomic mass is 10.0. The summed E-state index contributed by atoms with van der Waals surface area (Å²) >= 11 is 0. The molecule has 2 aromatic carbocycles. The Kier molecular flexibility index (Phi) is 8.98. The van der Waals surface area contributed by atoms with Crippen molar-refractivity contribution in [2.75, 3.05) is 20.1 Å². The molecule has 1 aliphatic heterocycles. The minimum Gasteiger partial charge on any atom is -0.354 e. The molecule has 9 heteroatoms. The molecule has 1 fully saturated rings. The number of aromatic amines is 1. The molecule has 0 saturated carbocycles. The Morgan fingerprint density at radius 1 is 1.16 bits per heavy atom. The van der Waals surface area contributed by atoms with Gasteiger partial charge in [0.05, 0.1) is 0 Å². The molecule has 1 saturated heterocycles. The van der Waals surface area contributed by atoms with Crippen LogP contribution in [-0.4, -0.2) is 52.2 Å². The average Bonchev–Trinajstić information content (AvgIpc) is 3.35. The SMILES string of the molecule is CN=C(NCc1cccc(-c2ncn[nH]2)c1)NC1CCN(Cc2ccc(F)cc2)CC1.I. The van der Waals surface area contributed by atoms with E-state index in [4.69, 9.17) is 0 Å². The van der Waals surface area contributed by atoms with Gasteiger partial charge < -0.3 is 10.6 Å². The van der Waals surface area contributed by atoms with Crippen LogP contribution in [0.3, 0.4) is 0 Å². The first-order chi connectivity index (χ1) is 15.2. The van der Waals surface area contributed by atoms with Gasteiger partial charge in [0.25, 0.3) is 0 Å². The van der Waals surface area contributed by atoms with Crippen molar-refractivity contribution >= 4 is 29.9 Å². The Labute approximate surface area is 205 Å². The summed E-state index contributed by atoms with van der Waals surface area (Å²) in [6, 6.07) is 15.4. The van der Waals surface area contributed by atoms with Crippen molar-refractivity contribution in [3.63, 3.8) is 0 Å². The predicted molar refractivity (Wildman–Crippen MR) is 135 cm³/mol. The number of guanidine groups is 1. The topological polar surface area (TPSA) is 81.2 Å². The summed E-state index contributed by atoms with van der Waals surface area (Å²) in [7, 11) is 1.80. The number of H-pyrrole nitrogens is 1. The molecule has 1 aromatic heterocycles. The number of hydrogen-bond donors (Lipinski definition) is 3. The van der Waals surface area contributed by atoms with Gasteiger partial charge in [0.15, 0.2) is 11.8 Å². The zero-order chi connectivity index (χ0) is 21.5. The Morgan fingerprint density at radius 2 is 1.94 bits per heavy atom. The molecule has 0 bridgehead atoms. The second-order valence-corrected chi connectivity index (χ2v) is 7.78. The number of piperidine rings is 1. The van der Waals surface area contributed by atoms with E-state index in [0.717, 1.165) is 61.0 Å². The molecule has 1 aliphatic rings. The van der Waals surface area contributed by atoms with Crippen LogP contribution in [0.15, 0.2) is 59.9 Å². The van der Waals surface area contributed by atoms with Crippen molar-refractivity contribution in [3.8, 4) is 11.4 Å². The van der Waals surface area contributed by atoms with Crippen LogP contribution in [-0.2, 0) is 13.1 Å². The van der Waals surface area contributed by atoms with Crippen LogP contribution in [0.5, 0.6) is 0 Å². The van der Waals surface area contributed by atoms with Crippen molar-refractivity contribution in [3.05, 3.63) is 71.8 Å². The lowest BCUT2D eigenvalue weighted by molar-refractivity contribution is 0.198. The molecule has 0 spiro atoms. The van der Waals surface area contributed by atoms with E-state index in [1.165, 1.54) is 18.5 Å².